The van der Waals surface area contributed by atoms with Gasteiger partial charge in [-0.15, -0.1) is 0 Å². The molecule has 0 bridgehead atoms. The summed E-state index contributed by atoms with van der Waals surface area (Å²) in [6, 6.07) is 0. The van der Waals surface area contributed by atoms with E-state index < -0.39 is 0 Å². The standard InChI is InChI=1S/C11H20N2O/c12-7-3-4-8-13-11(14)9-10-5-1-2-6-10/h3-4,10H,1-2,5-9,12H2,(H,13,14)/b4-3+. The lowest BCUT2D eigenvalue weighted by atomic mass is 10.0. The minimum absolute atomic E-state index is 0.179. The molecule has 0 heterocycles. The second-order valence-corrected chi connectivity index (χ2v) is 3.87. The van der Waals surface area contributed by atoms with Gasteiger partial charge >= 0.3 is 0 Å². The van der Waals surface area contributed by atoms with E-state index in [9.17, 15) is 4.79 Å². The Bertz CT molecular complexity index is 195. The van der Waals surface area contributed by atoms with Crippen LogP contribution in [0.15, 0.2) is 12.2 Å². The Morgan fingerprint density at radius 2 is 2.07 bits per heavy atom. The Kier molecular flexibility index (Phi) is 5.30. The van der Waals surface area contributed by atoms with Gasteiger partial charge in [-0.1, -0.05) is 25.0 Å². The van der Waals surface area contributed by atoms with E-state index in [1.807, 2.05) is 12.2 Å². The SMILES string of the molecule is NC/C=C/CNC(=O)CC1CCCC1. The van der Waals surface area contributed by atoms with Crippen LogP contribution in [0.4, 0.5) is 0 Å². The first-order chi connectivity index (χ1) is 6.83. The van der Waals surface area contributed by atoms with E-state index in [0.717, 1.165) is 0 Å². The van der Waals surface area contributed by atoms with Gasteiger partial charge in [-0.2, -0.15) is 0 Å². The van der Waals surface area contributed by atoms with Crippen LogP contribution < -0.4 is 11.1 Å². The monoisotopic (exact) mass is 196 g/mol. The van der Waals surface area contributed by atoms with E-state index in [1.165, 1.54) is 25.7 Å². The van der Waals surface area contributed by atoms with Gasteiger partial charge in [0.1, 0.15) is 0 Å². The summed E-state index contributed by atoms with van der Waals surface area (Å²) in [5.74, 6) is 0.812. The highest BCUT2D eigenvalue weighted by atomic mass is 16.1. The van der Waals surface area contributed by atoms with Crippen LogP contribution in [0.25, 0.3) is 0 Å². The Labute approximate surface area is 85.7 Å². The molecule has 1 aliphatic rings. The van der Waals surface area contributed by atoms with Crippen LogP contribution in [0.3, 0.4) is 0 Å². The lowest BCUT2D eigenvalue weighted by Gasteiger charge is -2.07. The van der Waals surface area contributed by atoms with Crippen LogP contribution in [-0.2, 0) is 4.79 Å². The fourth-order valence-electron chi connectivity index (χ4n) is 1.90. The molecule has 0 aromatic carbocycles. The fraction of sp³-hybridized carbons (Fsp3) is 0.727. The molecule has 1 rings (SSSR count). The molecule has 3 N–H and O–H groups in total. The quantitative estimate of drug-likeness (QED) is 0.649. The molecule has 0 atom stereocenters. The molecular formula is C11H20N2O. The van der Waals surface area contributed by atoms with Crippen molar-refractivity contribution in [2.24, 2.45) is 11.7 Å². The van der Waals surface area contributed by atoms with Crippen molar-refractivity contribution in [2.75, 3.05) is 13.1 Å². The average molecular weight is 196 g/mol. The molecule has 0 aromatic heterocycles. The number of carbonyl (C=O) groups is 1. The van der Waals surface area contributed by atoms with E-state index >= 15 is 0 Å². The van der Waals surface area contributed by atoms with Crippen LogP contribution in [0.1, 0.15) is 32.1 Å². The third kappa shape index (κ3) is 4.42. The summed E-state index contributed by atoms with van der Waals surface area (Å²) in [5, 5.41) is 2.86. The summed E-state index contributed by atoms with van der Waals surface area (Å²) in [6.45, 7) is 1.15. The predicted octanol–water partition coefficient (Wildman–Crippen LogP) is 1.20. The summed E-state index contributed by atoms with van der Waals surface area (Å²) in [6.07, 6.45) is 9.51. The summed E-state index contributed by atoms with van der Waals surface area (Å²) in [5.41, 5.74) is 5.28. The second kappa shape index (κ2) is 6.60. The predicted molar refractivity (Wildman–Crippen MR) is 57.8 cm³/mol. The second-order valence-electron chi connectivity index (χ2n) is 3.87. The summed E-state index contributed by atoms with van der Waals surface area (Å²) < 4.78 is 0. The highest BCUT2D eigenvalue weighted by molar-refractivity contribution is 5.76. The van der Waals surface area contributed by atoms with E-state index in [2.05, 4.69) is 5.32 Å². The van der Waals surface area contributed by atoms with Gasteiger partial charge in [0, 0.05) is 19.5 Å². The Balaban J connectivity index is 2.06. The van der Waals surface area contributed by atoms with Crippen molar-refractivity contribution in [1.29, 1.82) is 0 Å². The average Bonchev–Trinajstić information content (AvgIpc) is 2.65. The maximum absolute atomic E-state index is 11.4. The van der Waals surface area contributed by atoms with Gasteiger partial charge in [0.25, 0.3) is 0 Å². The third-order valence-corrected chi connectivity index (χ3v) is 2.67. The van der Waals surface area contributed by atoms with Crippen molar-refractivity contribution >= 4 is 5.91 Å². The van der Waals surface area contributed by atoms with Gasteiger partial charge in [0.2, 0.25) is 5.91 Å². The van der Waals surface area contributed by atoms with Crippen LogP contribution in [-0.4, -0.2) is 19.0 Å². The van der Waals surface area contributed by atoms with Crippen LogP contribution in [0, 0.1) is 5.92 Å². The summed E-state index contributed by atoms with van der Waals surface area (Å²) in [7, 11) is 0. The Morgan fingerprint density at radius 1 is 1.36 bits per heavy atom. The molecule has 0 radical (unpaired) electrons. The number of nitrogens with two attached hydrogens (primary N) is 1. The third-order valence-electron chi connectivity index (χ3n) is 2.67. The molecule has 1 saturated carbocycles. The van der Waals surface area contributed by atoms with Crippen LogP contribution in [0.5, 0.6) is 0 Å². The highest BCUT2D eigenvalue weighted by Crippen LogP contribution is 2.27. The van der Waals surface area contributed by atoms with Crippen LogP contribution in [0.2, 0.25) is 0 Å². The van der Waals surface area contributed by atoms with Gasteiger partial charge in [-0.3, -0.25) is 4.79 Å². The Morgan fingerprint density at radius 3 is 2.71 bits per heavy atom. The van der Waals surface area contributed by atoms with Crippen molar-refractivity contribution < 1.29 is 4.79 Å². The Hall–Kier alpha value is -0.830. The topological polar surface area (TPSA) is 55.1 Å². The fourth-order valence-corrected chi connectivity index (χ4v) is 1.90. The van der Waals surface area contributed by atoms with E-state index in [1.54, 1.807) is 0 Å². The van der Waals surface area contributed by atoms with Gasteiger partial charge < -0.3 is 11.1 Å². The lowest BCUT2D eigenvalue weighted by Crippen LogP contribution is -2.25. The number of rotatable bonds is 5. The molecular weight excluding hydrogens is 176 g/mol. The smallest absolute Gasteiger partial charge is 0.220 e. The van der Waals surface area contributed by atoms with Gasteiger partial charge in [0.05, 0.1) is 0 Å². The van der Waals surface area contributed by atoms with Crippen LogP contribution >= 0.6 is 0 Å². The summed E-state index contributed by atoms with van der Waals surface area (Å²) in [4.78, 5) is 11.4. The first-order valence-corrected chi connectivity index (χ1v) is 5.44. The van der Waals surface area contributed by atoms with Gasteiger partial charge in [0.15, 0.2) is 0 Å². The minimum atomic E-state index is 0.179. The molecule has 1 amide bonds. The first kappa shape index (κ1) is 11.2. The van der Waals surface area contributed by atoms with Crippen molar-refractivity contribution in [3.8, 4) is 0 Å². The maximum atomic E-state index is 11.4. The van der Waals surface area contributed by atoms with E-state index in [0.29, 0.717) is 25.4 Å². The molecule has 14 heavy (non-hydrogen) atoms. The van der Waals surface area contributed by atoms with Crippen molar-refractivity contribution in [1.82, 2.24) is 5.32 Å². The minimum Gasteiger partial charge on any atom is -0.353 e. The molecule has 1 aliphatic carbocycles. The molecule has 0 saturated heterocycles. The lowest BCUT2D eigenvalue weighted by molar-refractivity contribution is -0.121. The van der Waals surface area contributed by atoms with Gasteiger partial charge in [-0.05, 0) is 18.8 Å². The molecule has 0 aromatic rings. The molecule has 0 unspecified atom stereocenters. The zero-order valence-electron chi connectivity index (χ0n) is 8.67. The number of hydrogen-bond acceptors (Lipinski definition) is 2. The zero-order valence-corrected chi connectivity index (χ0v) is 8.67. The number of amides is 1. The number of hydrogen-bond donors (Lipinski definition) is 2. The molecule has 0 aliphatic heterocycles. The zero-order chi connectivity index (χ0) is 10.2. The first-order valence-electron chi connectivity index (χ1n) is 5.44. The molecule has 3 heteroatoms. The molecule has 1 fully saturated rings. The normalized spacial score (nSPS) is 17.8. The largest absolute Gasteiger partial charge is 0.353 e. The van der Waals surface area contributed by atoms with E-state index in [4.69, 9.17) is 5.73 Å². The number of nitrogens with one attached hydrogen (secondary N) is 1. The van der Waals surface area contributed by atoms with E-state index in [-0.39, 0.29) is 5.91 Å². The molecule has 3 nitrogen and oxygen atoms in total. The molecule has 80 valence electrons. The van der Waals surface area contributed by atoms with Crippen molar-refractivity contribution in [3.05, 3.63) is 12.2 Å². The van der Waals surface area contributed by atoms with Crippen molar-refractivity contribution in [2.45, 2.75) is 32.1 Å². The maximum Gasteiger partial charge on any atom is 0.220 e. The summed E-state index contributed by atoms with van der Waals surface area (Å²) >= 11 is 0. The number of carbonyl (C=O) groups excluding carboxylic acids is 1. The highest BCUT2D eigenvalue weighted by Gasteiger charge is 2.17. The van der Waals surface area contributed by atoms with Crippen molar-refractivity contribution in [3.63, 3.8) is 0 Å². The molecule has 0 spiro atoms. The van der Waals surface area contributed by atoms with Gasteiger partial charge in [-0.25, -0.2) is 0 Å².